The largest absolute Gasteiger partial charge is 0.251 e. The summed E-state index contributed by atoms with van der Waals surface area (Å²) in [5, 5.41) is 0. The topological polar surface area (TPSA) is 0 Å². The van der Waals surface area contributed by atoms with E-state index < -0.39 is 5.92 Å². The number of rotatable bonds is 0. The zero-order valence-corrected chi connectivity index (χ0v) is 5.54. The smallest absolute Gasteiger partial charge is 0.207 e. The number of alkyl halides is 2. The van der Waals surface area contributed by atoms with Crippen LogP contribution in [0.4, 0.5) is 8.78 Å². The van der Waals surface area contributed by atoms with Crippen molar-refractivity contribution in [3.05, 3.63) is 0 Å². The number of hydrogen-bond donors (Lipinski definition) is 0. The molecule has 2 heteroatoms. The van der Waals surface area contributed by atoms with Crippen LogP contribution in [0.2, 0.25) is 0 Å². The molecule has 0 N–H and O–H groups in total. The molecule has 1 saturated carbocycles. The van der Waals surface area contributed by atoms with Gasteiger partial charge in [-0.25, -0.2) is 8.78 Å². The van der Waals surface area contributed by atoms with Crippen LogP contribution in [0.15, 0.2) is 0 Å². The predicted molar refractivity (Wildman–Crippen MR) is 30.1 cm³/mol. The van der Waals surface area contributed by atoms with E-state index in [0.717, 1.165) is 0 Å². The van der Waals surface area contributed by atoms with Crippen molar-refractivity contribution in [2.24, 2.45) is 5.92 Å². The van der Waals surface area contributed by atoms with Gasteiger partial charge in [0.15, 0.2) is 0 Å². The van der Waals surface area contributed by atoms with Crippen molar-refractivity contribution < 1.29 is 8.78 Å². The zero-order chi connectivity index (χ0) is 6.78. The molecule has 8 heavy (non-hydrogen) atoms. The first-order valence-corrected chi connectivity index (χ1v) is 3.01. The minimum absolute atomic E-state index is 0.104. The Morgan fingerprint density at radius 2 is 1.50 bits per heavy atom. The second kappa shape index (κ2) is 2.42. The standard InChI is InChI=1S/C4H6F2.C2H6/c1-3-2-4(3,5)6;1-2/h3H,2H2,1H3;1-2H3/t3-;/m1./s1. The lowest BCUT2D eigenvalue weighted by Crippen LogP contribution is -1.87. The van der Waals surface area contributed by atoms with Crippen molar-refractivity contribution in [1.29, 1.82) is 0 Å². The van der Waals surface area contributed by atoms with E-state index in [4.69, 9.17) is 0 Å². The molecule has 1 aliphatic rings. The highest BCUT2D eigenvalue weighted by Gasteiger charge is 2.53. The lowest BCUT2D eigenvalue weighted by molar-refractivity contribution is 0.102. The molecule has 0 bridgehead atoms. The van der Waals surface area contributed by atoms with Crippen molar-refractivity contribution in [3.8, 4) is 0 Å². The van der Waals surface area contributed by atoms with Gasteiger partial charge in [-0.05, 0) is 0 Å². The summed E-state index contributed by atoms with van der Waals surface area (Å²) in [6.07, 6.45) is 0.104. The molecule has 0 amide bonds. The van der Waals surface area contributed by atoms with Crippen LogP contribution in [0.1, 0.15) is 27.2 Å². The highest BCUT2D eigenvalue weighted by atomic mass is 19.3. The Hall–Kier alpha value is -0.140. The summed E-state index contributed by atoms with van der Waals surface area (Å²) in [6, 6.07) is 0. The second-order valence-corrected chi connectivity index (χ2v) is 1.87. The summed E-state index contributed by atoms with van der Waals surface area (Å²) >= 11 is 0. The van der Waals surface area contributed by atoms with Crippen molar-refractivity contribution in [2.45, 2.75) is 33.1 Å². The van der Waals surface area contributed by atoms with Crippen molar-refractivity contribution >= 4 is 0 Å². The van der Waals surface area contributed by atoms with Crippen molar-refractivity contribution in [1.82, 2.24) is 0 Å². The van der Waals surface area contributed by atoms with E-state index in [0.29, 0.717) is 0 Å². The monoisotopic (exact) mass is 122 g/mol. The average molecular weight is 122 g/mol. The van der Waals surface area contributed by atoms with Crippen molar-refractivity contribution in [3.63, 3.8) is 0 Å². The summed E-state index contributed by atoms with van der Waals surface area (Å²) in [6.45, 7) is 5.56. The third-order valence-electron chi connectivity index (χ3n) is 1.14. The highest BCUT2D eigenvalue weighted by Crippen LogP contribution is 2.47. The Kier molecular flexibility index (Phi) is 2.38. The molecule has 1 fully saturated rings. The van der Waals surface area contributed by atoms with Gasteiger partial charge in [0.25, 0.3) is 5.92 Å². The summed E-state index contributed by atoms with van der Waals surface area (Å²) in [5.74, 6) is -2.63. The molecule has 0 aromatic heterocycles. The number of hydrogen-bond acceptors (Lipinski definition) is 0. The molecule has 0 nitrogen and oxygen atoms in total. The van der Waals surface area contributed by atoms with E-state index in [1.54, 1.807) is 6.92 Å². The van der Waals surface area contributed by atoms with E-state index in [-0.39, 0.29) is 12.3 Å². The zero-order valence-electron chi connectivity index (χ0n) is 5.54. The maximum atomic E-state index is 11.5. The van der Waals surface area contributed by atoms with Crippen LogP contribution in [0.5, 0.6) is 0 Å². The fraction of sp³-hybridized carbons (Fsp3) is 1.00. The molecule has 1 rings (SSSR count). The van der Waals surface area contributed by atoms with E-state index in [9.17, 15) is 8.78 Å². The van der Waals surface area contributed by atoms with Crippen LogP contribution in [0.3, 0.4) is 0 Å². The van der Waals surface area contributed by atoms with Crippen LogP contribution in [-0.4, -0.2) is 5.92 Å². The molecule has 0 aromatic carbocycles. The first-order chi connectivity index (χ1) is 3.63. The predicted octanol–water partition coefficient (Wildman–Crippen LogP) is 2.69. The molecule has 50 valence electrons. The third kappa shape index (κ3) is 1.76. The molecule has 0 radical (unpaired) electrons. The Balaban J connectivity index is 0.000000222. The summed E-state index contributed by atoms with van der Waals surface area (Å²) in [4.78, 5) is 0. The molecule has 1 aliphatic carbocycles. The summed E-state index contributed by atoms with van der Waals surface area (Å²) in [7, 11) is 0. The first-order valence-electron chi connectivity index (χ1n) is 3.01. The Bertz CT molecular complexity index is 68.9. The van der Waals surface area contributed by atoms with Gasteiger partial charge in [0.1, 0.15) is 0 Å². The molecule has 1 atom stereocenters. The van der Waals surface area contributed by atoms with Crippen LogP contribution < -0.4 is 0 Å². The second-order valence-electron chi connectivity index (χ2n) is 1.87. The SMILES string of the molecule is CC.C[C@@H]1CC1(F)F. The Morgan fingerprint density at radius 1 is 1.38 bits per heavy atom. The van der Waals surface area contributed by atoms with E-state index in [1.807, 2.05) is 13.8 Å². The van der Waals surface area contributed by atoms with E-state index in [2.05, 4.69) is 0 Å². The van der Waals surface area contributed by atoms with Crippen LogP contribution in [0.25, 0.3) is 0 Å². The van der Waals surface area contributed by atoms with Gasteiger partial charge >= 0.3 is 0 Å². The molecule has 0 aliphatic heterocycles. The highest BCUT2D eigenvalue weighted by molar-refractivity contribution is 4.90. The minimum Gasteiger partial charge on any atom is -0.207 e. The third-order valence-corrected chi connectivity index (χ3v) is 1.14. The Morgan fingerprint density at radius 3 is 1.50 bits per heavy atom. The Labute approximate surface area is 48.9 Å². The van der Waals surface area contributed by atoms with Crippen molar-refractivity contribution in [2.75, 3.05) is 0 Å². The van der Waals surface area contributed by atoms with Gasteiger partial charge in [0.2, 0.25) is 0 Å². The fourth-order valence-corrected chi connectivity index (χ4v) is 0.349. The van der Waals surface area contributed by atoms with E-state index in [1.165, 1.54) is 0 Å². The van der Waals surface area contributed by atoms with Crippen LogP contribution in [0, 0.1) is 5.92 Å². The van der Waals surface area contributed by atoms with Crippen LogP contribution >= 0.6 is 0 Å². The lowest BCUT2D eigenvalue weighted by Gasteiger charge is -1.82. The van der Waals surface area contributed by atoms with Gasteiger partial charge in [-0.2, -0.15) is 0 Å². The van der Waals surface area contributed by atoms with Gasteiger partial charge in [0, 0.05) is 12.3 Å². The molecular formula is C6H12F2. The first kappa shape index (κ1) is 7.86. The molecule has 0 aromatic rings. The maximum absolute atomic E-state index is 11.5. The average Bonchev–Trinajstić information content (AvgIpc) is 2.19. The normalized spacial score (nSPS) is 30.4. The lowest BCUT2D eigenvalue weighted by atomic mass is 10.5. The van der Waals surface area contributed by atoms with Gasteiger partial charge in [-0.15, -0.1) is 0 Å². The molecule has 0 unspecified atom stereocenters. The molecule has 0 heterocycles. The van der Waals surface area contributed by atoms with Crippen LogP contribution in [-0.2, 0) is 0 Å². The van der Waals surface area contributed by atoms with Gasteiger partial charge < -0.3 is 0 Å². The summed E-state index contributed by atoms with van der Waals surface area (Å²) < 4.78 is 23.1. The molecule has 0 spiro atoms. The molecule has 0 saturated heterocycles. The summed E-state index contributed by atoms with van der Waals surface area (Å²) in [5.41, 5.74) is 0. The quantitative estimate of drug-likeness (QED) is 0.463. The fourth-order valence-electron chi connectivity index (χ4n) is 0.349. The van der Waals surface area contributed by atoms with Gasteiger partial charge in [-0.3, -0.25) is 0 Å². The molecular weight excluding hydrogens is 110 g/mol. The minimum atomic E-state index is -2.29. The van der Waals surface area contributed by atoms with Gasteiger partial charge in [-0.1, -0.05) is 20.8 Å². The van der Waals surface area contributed by atoms with Gasteiger partial charge in [0.05, 0.1) is 0 Å². The number of halogens is 2. The van der Waals surface area contributed by atoms with E-state index >= 15 is 0 Å². The maximum Gasteiger partial charge on any atom is 0.251 e.